The van der Waals surface area contributed by atoms with E-state index in [1.165, 1.54) is 13.0 Å². The Hall–Kier alpha value is -1.91. The highest BCUT2D eigenvalue weighted by Gasteiger charge is 2.27. The van der Waals surface area contributed by atoms with Crippen molar-refractivity contribution in [3.05, 3.63) is 29.6 Å². The Morgan fingerprint density at radius 2 is 2.00 bits per heavy atom. The Morgan fingerprint density at radius 3 is 2.57 bits per heavy atom. The molecule has 1 aromatic carbocycles. The minimum atomic E-state index is -0.481. The molecular formula is C16H21FN2O2. The van der Waals surface area contributed by atoms with Crippen LogP contribution in [0.2, 0.25) is 0 Å². The smallest absolute Gasteiger partial charge is 0.223 e. The van der Waals surface area contributed by atoms with E-state index in [4.69, 9.17) is 0 Å². The number of nitrogens with one attached hydrogen (secondary N) is 1. The zero-order chi connectivity index (χ0) is 15.4. The molecule has 0 aliphatic carbocycles. The van der Waals surface area contributed by atoms with Gasteiger partial charge >= 0.3 is 0 Å². The maximum absolute atomic E-state index is 13.8. The largest absolute Gasteiger partial charge is 0.371 e. The first kappa shape index (κ1) is 15.5. The monoisotopic (exact) mass is 292 g/mol. The number of hydrogen-bond donors (Lipinski definition) is 1. The number of anilines is 1. The lowest BCUT2D eigenvalue weighted by atomic mass is 9.94. The number of rotatable bonds is 4. The van der Waals surface area contributed by atoms with Gasteiger partial charge in [-0.05, 0) is 38.8 Å². The van der Waals surface area contributed by atoms with Crippen LogP contribution in [0.4, 0.5) is 10.1 Å². The molecule has 21 heavy (non-hydrogen) atoms. The normalized spacial score (nSPS) is 15.9. The fraction of sp³-hybridized carbons (Fsp3) is 0.500. The van der Waals surface area contributed by atoms with Crippen LogP contribution in [-0.2, 0) is 4.79 Å². The Kier molecular flexibility index (Phi) is 4.94. The number of ketones is 1. The third-order valence-corrected chi connectivity index (χ3v) is 3.90. The summed E-state index contributed by atoms with van der Waals surface area (Å²) >= 11 is 0. The zero-order valence-electron chi connectivity index (χ0n) is 12.5. The molecule has 0 aromatic heterocycles. The molecule has 1 heterocycles. The zero-order valence-corrected chi connectivity index (χ0v) is 12.5. The van der Waals surface area contributed by atoms with E-state index in [0.717, 1.165) is 12.8 Å². The van der Waals surface area contributed by atoms with Crippen LogP contribution in [0.15, 0.2) is 18.2 Å². The minimum Gasteiger partial charge on any atom is -0.371 e. The number of hydrogen-bond acceptors (Lipinski definition) is 3. The predicted molar refractivity (Wildman–Crippen MR) is 80.0 cm³/mol. The van der Waals surface area contributed by atoms with Crippen LogP contribution in [0.5, 0.6) is 0 Å². The summed E-state index contributed by atoms with van der Waals surface area (Å²) in [5, 5.41) is 2.84. The first-order valence-electron chi connectivity index (χ1n) is 7.36. The van der Waals surface area contributed by atoms with Gasteiger partial charge in [0.05, 0.1) is 11.3 Å². The van der Waals surface area contributed by atoms with E-state index in [0.29, 0.717) is 25.3 Å². The molecule has 114 valence electrons. The number of amides is 1. The SMILES string of the molecule is CCNC(=O)C1CCN(c2cccc(F)c2C(C)=O)CC1. The van der Waals surface area contributed by atoms with E-state index in [-0.39, 0.29) is 23.2 Å². The second-order valence-corrected chi connectivity index (χ2v) is 5.35. The van der Waals surface area contributed by atoms with Gasteiger partial charge in [-0.25, -0.2) is 4.39 Å². The number of halogens is 1. The van der Waals surface area contributed by atoms with Gasteiger partial charge in [-0.15, -0.1) is 0 Å². The van der Waals surface area contributed by atoms with Crippen molar-refractivity contribution in [2.45, 2.75) is 26.7 Å². The molecule has 1 saturated heterocycles. The van der Waals surface area contributed by atoms with Gasteiger partial charge in [-0.3, -0.25) is 9.59 Å². The van der Waals surface area contributed by atoms with Crippen molar-refractivity contribution in [3.8, 4) is 0 Å². The molecule has 1 fully saturated rings. The molecule has 5 heteroatoms. The summed E-state index contributed by atoms with van der Waals surface area (Å²) in [4.78, 5) is 25.5. The predicted octanol–water partition coefficient (Wildman–Crippen LogP) is 2.38. The summed E-state index contributed by atoms with van der Waals surface area (Å²) in [5.41, 5.74) is 0.783. The maximum atomic E-state index is 13.8. The van der Waals surface area contributed by atoms with Crippen LogP contribution in [0.1, 0.15) is 37.0 Å². The van der Waals surface area contributed by atoms with Gasteiger partial charge in [0.1, 0.15) is 5.82 Å². The lowest BCUT2D eigenvalue weighted by molar-refractivity contribution is -0.125. The number of carbonyl (C=O) groups excluding carboxylic acids is 2. The molecule has 1 aliphatic heterocycles. The lowest BCUT2D eigenvalue weighted by Gasteiger charge is -2.34. The second-order valence-electron chi connectivity index (χ2n) is 5.35. The summed E-state index contributed by atoms with van der Waals surface area (Å²) in [5.74, 6) is -0.654. The van der Waals surface area contributed by atoms with E-state index in [1.54, 1.807) is 12.1 Å². The molecular weight excluding hydrogens is 271 g/mol. The molecule has 0 unspecified atom stereocenters. The van der Waals surface area contributed by atoms with Gasteiger partial charge in [0.15, 0.2) is 5.78 Å². The highest BCUT2D eigenvalue weighted by atomic mass is 19.1. The van der Waals surface area contributed by atoms with Crippen LogP contribution in [0, 0.1) is 11.7 Å². The number of nitrogens with zero attached hydrogens (tertiary/aromatic N) is 1. The van der Waals surface area contributed by atoms with Crippen molar-refractivity contribution in [2.75, 3.05) is 24.5 Å². The molecule has 0 bridgehead atoms. The van der Waals surface area contributed by atoms with Crippen molar-refractivity contribution >= 4 is 17.4 Å². The van der Waals surface area contributed by atoms with Gasteiger partial charge < -0.3 is 10.2 Å². The topological polar surface area (TPSA) is 49.4 Å². The molecule has 0 spiro atoms. The summed E-state index contributed by atoms with van der Waals surface area (Å²) in [6, 6.07) is 4.70. The highest BCUT2D eigenvalue weighted by Crippen LogP contribution is 2.28. The third-order valence-electron chi connectivity index (χ3n) is 3.90. The van der Waals surface area contributed by atoms with Crippen molar-refractivity contribution in [3.63, 3.8) is 0 Å². The Balaban J connectivity index is 2.11. The van der Waals surface area contributed by atoms with Crippen molar-refractivity contribution in [1.29, 1.82) is 0 Å². The van der Waals surface area contributed by atoms with Crippen LogP contribution in [0.3, 0.4) is 0 Å². The van der Waals surface area contributed by atoms with Gasteiger partial charge in [0.25, 0.3) is 0 Å². The van der Waals surface area contributed by atoms with Crippen LogP contribution >= 0.6 is 0 Å². The quantitative estimate of drug-likeness (QED) is 0.867. The van der Waals surface area contributed by atoms with Gasteiger partial charge in [-0.2, -0.15) is 0 Å². The van der Waals surface area contributed by atoms with Gasteiger partial charge in [0.2, 0.25) is 5.91 Å². The summed E-state index contributed by atoms with van der Waals surface area (Å²) < 4.78 is 13.8. The minimum absolute atomic E-state index is 0.00976. The molecule has 2 rings (SSSR count). The maximum Gasteiger partial charge on any atom is 0.223 e. The number of piperidine rings is 1. The molecule has 0 saturated carbocycles. The van der Waals surface area contributed by atoms with Crippen LogP contribution in [-0.4, -0.2) is 31.3 Å². The summed E-state index contributed by atoms with van der Waals surface area (Å²) in [7, 11) is 0. The van der Waals surface area contributed by atoms with Crippen molar-refractivity contribution < 1.29 is 14.0 Å². The first-order valence-corrected chi connectivity index (χ1v) is 7.36. The van der Waals surface area contributed by atoms with Crippen LogP contribution < -0.4 is 10.2 Å². The number of Topliss-reactive ketones (excluding diaryl/α,β-unsaturated/α-hetero) is 1. The summed E-state index contributed by atoms with van der Waals surface area (Å²) in [6.07, 6.45) is 1.44. The van der Waals surface area contributed by atoms with Crippen molar-refractivity contribution in [2.24, 2.45) is 5.92 Å². The third kappa shape index (κ3) is 3.40. The van der Waals surface area contributed by atoms with E-state index in [9.17, 15) is 14.0 Å². The Morgan fingerprint density at radius 1 is 1.33 bits per heavy atom. The van der Waals surface area contributed by atoms with Gasteiger partial charge in [-0.1, -0.05) is 6.07 Å². The van der Waals surface area contributed by atoms with Crippen LogP contribution in [0.25, 0.3) is 0 Å². The average Bonchev–Trinajstić information content (AvgIpc) is 2.47. The first-order chi connectivity index (χ1) is 10.0. The fourth-order valence-corrected chi connectivity index (χ4v) is 2.83. The molecule has 1 aromatic rings. The van der Waals surface area contributed by atoms with E-state index in [1.807, 2.05) is 11.8 Å². The molecule has 4 nitrogen and oxygen atoms in total. The van der Waals surface area contributed by atoms with E-state index >= 15 is 0 Å². The van der Waals surface area contributed by atoms with E-state index in [2.05, 4.69) is 5.32 Å². The standard InChI is InChI=1S/C16H21FN2O2/c1-3-18-16(21)12-7-9-19(10-8-12)14-6-4-5-13(17)15(14)11(2)20/h4-6,12H,3,7-10H2,1-2H3,(H,18,21). The highest BCUT2D eigenvalue weighted by molar-refractivity contribution is 6.00. The summed E-state index contributed by atoms with van der Waals surface area (Å²) in [6.45, 7) is 5.23. The van der Waals surface area contributed by atoms with Gasteiger partial charge in [0, 0.05) is 25.6 Å². The Labute approximate surface area is 124 Å². The number of carbonyl (C=O) groups is 2. The van der Waals surface area contributed by atoms with E-state index < -0.39 is 5.82 Å². The average molecular weight is 292 g/mol. The molecule has 1 amide bonds. The fourth-order valence-electron chi connectivity index (χ4n) is 2.83. The second kappa shape index (κ2) is 6.70. The van der Waals surface area contributed by atoms with Crippen molar-refractivity contribution in [1.82, 2.24) is 5.32 Å². The Bertz CT molecular complexity index is 537. The molecule has 0 radical (unpaired) electrons. The molecule has 0 atom stereocenters. The number of benzene rings is 1. The molecule has 1 aliphatic rings. The lowest BCUT2D eigenvalue weighted by Crippen LogP contribution is -2.41. The molecule has 1 N–H and O–H groups in total.